The summed E-state index contributed by atoms with van der Waals surface area (Å²) in [5, 5.41) is 3.54. The maximum atomic E-state index is 5.54. The molecule has 0 unspecified atom stereocenters. The fraction of sp³-hybridized carbons (Fsp3) is 0.733. The van der Waals surface area contributed by atoms with E-state index in [2.05, 4.69) is 11.4 Å². The number of hydrogen-bond donors (Lipinski definition) is 1. The average molecular weight is 251 g/mol. The number of hydrogen-bond acceptors (Lipinski definition) is 3. The highest BCUT2D eigenvalue weighted by Gasteiger charge is 2.32. The Labute approximate surface area is 110 Å². The van der Waals surface area contributed by atoms with Crippen molar-refractivity contribution in [3.63, 3.8) is 0 Å². The van der Waals surface area contributed by atoms with Gasteiger partial charge in [-0.15, -0.1) is 0 Å². The van der Waals surface area contributed by atoms with Gasteiger partial charge in [-0.2, -0.15) is 0 Å². The van der Waals surface area contributed by atoms with Gasteiger partial charge in [0.1, 0.15) is 5.76 Å². The van der Waals surface area contributed by atoms with Crippen molar-refractivity contribution in [2.75, 3.05) is 26.8 Å². The second kappa shape index (κ2) is 6.95. The largest absolute Gasteiger partial charge is 0.469 e. The van der Waals surface area contributed by atoms with Crippen LogP contribution in [-0.2, 0) is 11.2 Å². The van der Waals surface area contributed by atoms with Crippen LogP contribution in [0.25, 0.3) is 0 Å². The van der Waals surface area contributed by atoms with Gasteiger partial charge in [0.15, 0.2) is 0 Å². The van der Waals surface area contributed by atoms with Crippen LogP contribution in [-0.4, -0.2) is 26.8 Å². The van der Waals surface area contributed by atoms with Crippen LogP contribution in [0, 0.1) is 5.41 Å². The zero-order chi connectivity index (χ0) is 12.7. The van der Waals surface area contributed by atoms with Crippen LogP contribution in [0.2, 0.25) is 0 Å². The lowest BCUT2D eigenvalue weighted by Gasteiger charge is -2.37. The Hall–Kier alpha value is -0.800. The minimum absolute atomic E-state index is 0.393. The Morgan fingerprint density at radius 3 is 2.83 bits per heavy atom. The molecule has 1 saturated carbocycles. The van der Waals surface area contributed by atoms with Crippen molar-refractivity contribution in [2.45, 2.75) is 38.5 Å². The molecule has 0 saturated heterocycles. The van der Waals surface area contributed by atoms with E-state index in [9.17, 15) is 0 Å². The van der Waals surface area contributed by atoms with E-state index in [0.717, 1.165) is 31.9 Å². The van der Waals surface area contributed by atoms with Crippen molar-refractivity contribution in [3.05, 3.63) is 24.2 Å². The lowest BCUT2D eigenvalue weighted by atomic mass is 9.71. The van der Waals surface area contributed by atoms with Gasteiger partial charge in [0.2, 0.25) is 0 Å². The van der Waals surface area contributed by atoms with Crippen LogP contribution in [0.4, 0.5) is 0 Å². The Kier molecular flexibility index (Phi) is 5.26. The Balaban J connectivity index is 1.89. The van der Waals surface area contributed by atoms with Crippen molar-refractivity contribution >= 4 is 0 Å². The van der Waals surface area contributed by atoms with E-state index in [4.69, 9.17) is 9.15 Å². The highest BCUT2D eigenvalue weighted by molar-refractivity contribution is 5.03. The molecule has 1 aliphatic carbocycles. The number of rotatable bonds is 7. The Morgan fingerprint density at radius 2 is 2.17 bits per heavy atom. The highest BCUT2D eigenvalue weighted by atomic mass is 16.5. The van der Waals surface area contributed by atoms with E-state index in [1.807, 2.05) is 6.07 Å². The molecule has 0 radical (unpaired) electrons. The van der Waals surface area contributed by atoms with Crippen molar-refractivity contribution in [3.8, 4) is 0 Å². The van der Waals surface area contributed by atoms with E-state index in [0.29, 0.717) is 5.41 Å². The van der Waals surface area contributed by atoms with Crippen LogP contribution in [0.3, 0.4) is 0 Å². The summed E-state index contributed by atoms with van der Waals surface area (Å²) < 4.78 is 10.6. The predicted molar refractivity (Wildman–Crippen MR) is 72.7 cm³/mol. The van der Waals surface area contributed by atoms with Gasteiger partial charge in [0, 0.05) is 26.6 Å². The zero-order valence-corrected chi connectivity index (χ0v) is 11.4. The minimum atomic E-state index is 0.393. The van der Waals surface area contributed by atoms with Crippen LogP contribution in [0.1, 0.15) is 37.9 Å². The molecule has 1 aliphatic rings. The molecule has 0 bridgehead atoms. The maximum Gasteiger partial charge on any atom is 0.104 e. The second-order valence-electron chi connectivity index (χ2n) is 5.49. The standard InChI is InChI=1S/C15H25NO2/c1-17-11-9-16-13-15(7-3-2-4-8-15)12-14-6-5-10-18-14/h5-6,10,16H,2-4,7-9,11-13H2,1H3. The molecule has 0 aliphatic heterocycles. The molecule has 0 atom stereocenters. The first kappa shape index (κ1) is 13.6. The monoisotopic (exact) mass is 251 g/mol. The predicted octanol–water partition coefficient (Wildman–Crippen LogP) is 3.01. The Bertz CT molecular complexity index is 315. The van der Waals surface area contributed by atoms with E-state index in [1.54, 1.807) is 13.4 Å². The lowest BCUT2D eigenvalue weighted by Crippen LogP contribution is -2.39. The van der Waals surface area contributed by atoms with Crippen molar-refractivity contribution in [2.24, 2.45) is 5.41 Å². The molecule has 1 aromatic rings. The van der Waals surface area contributed by atoms with Crippen molar-refractivity contribution < 1.29 is 9.15 Å². The number of furan rings is 1. The molecule has 2 rings (SSSR count). The van der Waals surface area contributed by atoms with Gasteiger partial charge in [0.25, 0.3) is 0 Å². The SMILES string of the molecule is COCCNCC1(Cc2ccco2)CCCCC1. The summed E-state index contributed by atoms with van der Waals surface area (Å²) in [6.45, 7) is 2.81. The topological polar surface area (TPSA) is 34.4 Å². The fourth-order valence-corrected chi connectivity index (χ4v) is 3.03. The summed E-state index contributed by atoms with van der Waals surface area (Å²) in [4.78, 5) is 0. The highest BCUT2D eigenvalue weighted by Crippen LogP contribution is 2.38. The first-order chi connectivity index (χ1) is 8.85. The summed E-state index contributed by atoms with van der Waals surface area (Å²) in [6.07, 6.45) is 9.57. The quantitative estimate of drug-likeness (QED) is 0.756. The van der Waals surface area contributed by atoms with Gasteiger partial charge in [-0.25, -0.2) is 0 Å². The van der Waals surface area contributed by atoms with Crippen molar-refractivity contribution in [1.29, 1.82) is 0 Å². The first-order valence-corrected chi connectivity index (χ1v) is 7.07. The molecule has 0 aromatic carbocycles. The van der Waals surface area contributed by atoms with Gasteiger partial charge in [-0.1, -0.05) is 19.3 Å². The van der Waals surface area contributed by atoms with E-state index < -0.39 is 0 Å². The summed E-state index contributed by atoms with van der Waals surface area (Å²) in [5.74, 6) is 1.13. The summed E-state index contributed by atoms with van der Waals surface area (Å²) in [6, 6.07) is 4.09. The molecule has 3 nitrogen and oxygen atoms in total. The number of methoxy groups -OCH3 is 1. The van der Waals surface area contributed by atoms with E-state index in [1.165, 1.54) is 32.1 Å². The van der Waals surface area contributed by atoms with Gasteiger partial charge >= 0.3 is 0 Å². The molecule has 102 valence electrons. The molecular formula is C15H25NO2. The van der Waals surface area contributed by atoms with Gasteiger partial charge in [0.05, 0.1) is 12.9 Å². The third kappa shape index (κ3) is 3.85. The van der Waals surface area contributed by atoms with Crippen LogP contribution in [0.15, 0.2) is 22.8 Å². The molecular weight excluding hydrogens is 226 g/mol. The second-order valence-corrected chi connectivity index (χ2v) is 5.49. The maximum absolute atomic E-state index is 5.54. The lowest BCUT2D eigenvalue weighted by molar-refractivity contribution is 0.156. The summed E-state index contributed by atoms with van der Waals surface area (Å²) in [7, 11) is 1.75. The molecule has 1 fully saturated rings. The Morgan fingerprint density at radius 1 is 1.33 bits per heavy atom. The molecule has 1 N–H and O–H groups in total. The van der Waals surface area contributed by atoms with Gasteiger partial charge < -0.3 is 14.5 Å². The molecule has 0 amide bonds. The van der Waals surface area contributed by atoms with E-state index in [-0.39, 0.29) is 0 Å². The van der Waals surface area contributed by atoms with Crippen LogP contribution >= 0.6 is 0 Å². The van der Waals surface area contributed by atoms with Gasteiger partial charge in [-0.3, -0.25) is 0 Å². The molecule has 18 heavy (non-hydrogen) atoms. The normalized spacial score (nSPS) is 18.9. The zero-order valence-electron chi connectivity index (χ0n) is 11.4. The van der Waals surface area contributed by atoms with Crippen LogP contribution < -0.4 is 5.32 Å². The molecule has 1 heterocycles. The summed E-state index contributed by atoms with van der Waals surface area (Å²) in [5.41, 5.74) is 0.393. The molecule has 0 spiro atoms. The third-order valence-electron chi connectivity index (χ3n) is 4.03. The molecule has 3 heteroatoms. The van der Waals surface area contributed by atoms with Crippen molar-refractivity contribution in [1.82, 2.24) is 5.32 Å². The smallest absolute Gasteiger partial charge is 0.104 e. The number of nitrogens with one attached hydrogen (secondary N) is 1. The molecule has 1 aromatic heterocycles. The average Bonchev–Trinajstić information content (AvgIpc) is 2.89. The van der Waals surface area contributed by atoms with Crippen LogP contribution in [0.5, 0.6) is 0 Å². The fourth-order valence-electron chi connectivity index (χ4n) is 3.03. The first-order valence-electron chi connectivity index (χ1n) is 7.07. The minimum Gasteiger partial charge on any atom is -0.469 e. The third-order valence-corrected chi connectivity index (χ3v) is 4.03. The number of ether oxygens (including phenoxy) is 1. The van der Waals surface area contributed by atoms with E-state index >= 15 is 0 Å². The summed E-state index contributed by atoms with van der Waals surface area (Å²) >= 11 is 0. The van der Waals surface area contributed by atoms with Gasteiger partial charge in [-0.05, 0) is 30.4 Å².